The highest BCUT2D eigenvalue weighted by Crippen LogP contribution is 2.49. The highest BCUT2D eigenvalue weighted by Gasteiger charge is 2.20. The SMILES string of the molecule is C=COP(=O)(C=C)Oc1ccccc1. The minimum absolute atomic E-state index is 0.470. The van der Waals surface area contributed by atoms with Crippen LogP contribution in [0.15, 0.2) is 55.6 Å². The molecule has 0 saturated heterocycles. The van der Waals surface area contributed by atoms with Crippen molar-refractivity contribution >= 4 is 7.60 Å². The lowest BCUT2D eigenvalue weighted by Gasteiger charge is -2.13. The van der Waals surface area contributed by atoms with Crippen molar-refractivity contribution in [2.45, 2.75) is 0 Å². The average molecular weight is 210 g/mol. The molecule has 0 bridgehead atoms. The summed E-state index contributed by atoms with van der Waals surface area (Å²) in [5.41, 5.74) is 0. The molecule has 0 fully saturated rings. The molecule has 0 spiro atoms. The Bertz CT molecular complexity index is 359. The Morgan fingerprint density at radius 2 is 1.86 bits per heavy atom. The average Bonchev–Trinajstić information content (AvgIpc) is 2.20. The Morgan fingerprint density at radius 1 is 1.21 bits per heavy atom. The van der Waals surface area contributed by atoms with Crippen molar-refractivity contribution in [3.05, 3.63) is 55.6 Å². The second kappa shape index (κ2) is 4.68. The fourth-order valence-electron chi connectivity index (χ4n) is 0.834. The largest absolute Gasteiger partial charge is 0.454 e. The van der Waals surface area contributed by atoms with Gasteiger partial charge in [-0.15, -0.1) is 0 Å². The van der Waals surface area contributed by atoms with Gasteiger partial charge >= 0.3 is 7.60 Å². The van der Waals surface area contributed by atoms with Gasteiger partial charge in [0.25, 0.3) is 0 Å². The van der Waals surface area contributed by atoms with Gasteiger partial charge in [0.1, 0.15) is 5.75 Å². The first-order valence-corrected chi connectivity index (χ1v) is 5.58. The molecule has 0 heterocycles. The van der Waals surface area contributed by atoms with Gasteiger partial charge in [0.05, 0.1) is 6.26 Å². The Hall–Kier alpha value is -1.47. The first-order valence-electron chi connectivity index (χ1n) is 3.97. The fourth-order valence-corrected chi connectivity index (χ4v) is 1.66. The standard InChI is InChI=1S/C10H11O3P/c1-3-12-14(11,4-2)13-10-8-6-5-7-9-10/h3-9H,1-2H2. The van der Waals surface area contributed by atoms with E-state index < -0.39 is 7.60 Å². The molecule has 1 atom stereocenters. The summed E-state index contributed by atoms with van der Waals surface area (Å²) in [6, 6.07) is 8.75. The van der Waals surface area contributed by atoms with E-state index in [-0.39, 0.29) is 0 Å². The van der Waals surface area contributed by atoms with Crippen molar-refractivity contribution in [2.75, 3.05) is 0 Å². The molecule has 1 aromatic rings. The van der Waals surface area contributed by atoms with E-state index in [9.17, 15) is 4.57 Å². The van der Waals surface area contributed by atoms with Crippen molar-refractivity contribution in [1.82, 2.24) is 0 Å². The van der Waals surface area contributed by atoms with Crippen LogP contribution in [0.4, 0.5) is 0 Å². The van der Waals surface area contributed by atoms with Gasteiger partial charge < -0.3 is 9.05 Å². The van der Waals surface area contributed by atoms with E-state index in [0.717, 1.165) is 12.1 Å². The normalized spacial score (nSPS) is 13.7. The Labute approximate surface area is 83.2 Å². The van der Waals surface area contributed by atoms with Crippen LogP contribution >= 0.6 is 7.60 Å². The third-order valence-corrected chi connectivity index (χ3v) is 2.78. The van der Waals surface area contributed by atoms with Gasteiger partial charge in [0, 0.05) is 5.82 Å². The quantitative estimate of drug-likeness (QED) is 0.550. The van der Waals surface area contributed by atoms with E-state index in [1.165, 1.54) is 0 Å². The Kier molecular flexibility index (Phi) is 3.55. The first kappa shape index (κ1) is 10.6. The molecule has 4 heteroatoms. The van der Waals surface area contributed by atoms with E-state index in [0.29, 0.717) is 5.75 Å². The van der Waals surface area contributed by atoms with Crippen LogP contribution in [0.3, 0.4) is 0 Å². The highest BCUT2D eigenvalue weighted by molar-refractivity contribution is 7.57. The summed E-state index contributed by atoms with van der Waals surface area (Å²) < 4.78 is 21.6. The lowest BCUT2D eigenvalue weighted by Crippen LogP contribution is -1.90. The number of rotatable bonds is 5. The van der Waals surface area contributed by atoms with E-state index in [1.54, 1.807) is 24.3 Å². The maximum atomic E-state index is 11.7. The van der Waals surface area contributed by atoms with Crippen molar-refractivity contribution in [1.29, 1.82) is 0 Å². The topological polar surface area (TPSA) is 35.5 Å². The maximum absolute atomic E-state index is 11.7. The van der Waals surface area contributed by atoms with E-state index >= 15 is 0 Å². The number of hydrogen-bond donors (Lipinski definition) is 0. The van der Waals surface area contributed by atoms with Crippen molar-refractivity contribution in [3.63, 3.8) is 0 Å². The first-order chi connectivity index (χ1) is 6.70. The van der Waals surface area contributed by atoms with Crippen molar-refractivity contribution in [2.24, 2.45) is 0 Å². The molecule has 74 valence electrons. The third-order valence-electron chi connectivity index (χ3n) is 1.42. The summed E-state index contributed by atoms with van der Waals surface area (Å²) in [7, 11) is -3.28. The minimum atomic E-state index is -3.28. The van der Waals surface area contributed by atoms with Gasteiger partial charge in [-0.3, -0.25) is 0 Å². The highest BCUT2D eigenvalue weighted by atomic mass is 31.2. The number of para-hydroxylation sites is 1. The molecule has 3 nitrogen and oxygen atoms in total. The zero-order valence-corrected chi connectivity index (χ0v) is 8.52. The monoisotopic (exact) mass is 210 g/mol. The Morgan fingerprint density at radius 3 is 2.36 bits per heavy atom. The Balaban J connectivity index is 2.80. The molecule has 0 amide bonds. The molecular weight excluding hydrogens is 199 g/mol. The van der Waals surface area contributed by atoms with Gasteiger partial charge in [-0.05, 0) is 12.1 Å². The van der Waals surface area contributed by atoms with Crippen LogP contribution in [0.25, 0.3) is 0 Å². The van der Waals surface area contributed by atoms with Crippen LogP contribution in [-0.4, -0.2) is 0 Å². The van der Waals surface area contributed by atoms with Crippen molar-refractivity contribution in [3.8, 4) is 5.75 Å². The molecule has 1 unspecified atom stereocenters. The smallest absolute Gasteiger partial charge is 0.422 e. The summed E-state index contributed by atoms with van der Waals surface area (Å²) in [5.74, 6) is 1.61. The second-order valence-corrected chi connectivity index (χ2v) is 4.24. The molecule has 0 radical (unpaired) electrons. The molecule has 1 aromatic carbocycles. The van der Waals surface area contributed by atoms with Crippen LogP contribution < -0.4 is 4.52 Å². The zero-order chi connectivity index (χ0) is 10.4. The van der Waals surface area contributed by atoms with Crippen LogP contribution in [0.5, 0.6) is 5.75 Å². The van der Waals surface area contributed by atoms with Gasteiger partial charge in [-0.25, -0.2) is 4.57 Å². The summed E-state index contributed by atoms with van der Waals surface area (Å²) in [6.45, 7) is 6.70. The molecule has 0 aromatic heterocycles. The molecule has 1 rings (SSSR count). The minimum Gasteiger partial charge on any atom is -0.422 e. The second-order valence-electron chi connectivity index (χ2n) is 2.40. The number of benzene rings is 1. The van der Waals surface area contributed by atoms with Crippen LogP contribution in [0.1, 0.15) is 0 Å². The summed E-state index contributed by atoms with van der Waals surface area (Å²) >= 11 is 0. The molecule has 0 aliphatic carbocycles. The van der Waals surface area contributed by atoms with Crippen LogP contribution in [0.2, 0.25) is 0 Å². The zero-order valence-electron chi connectivity index (χ0n) is 7.63. The molecule has 0 aliphatic rings. The van der Waals surface area contributed by atoms with Crippen LogP contribution in [0, 0.1) is 0 Å². The van der Waals surface area contributed by atoms with E-state index in [2.05, 4.69) is 13.2 Å². The third kappa shape index (κ3) is 2.79. The van der Waals surface area contributed by atoms with Gasteiger partial charge in [0.2, 0.25) is 0 Å². The van der Waals surface area contributed by atoms with Gasteiger partial charge in [-0.2, -0.15) is 0 Å². The predicted octanol–water partition coefficient (Wildman–Crippen LogP) is 3.56. The maximum Gasteiger partial charge on any atom is 0.454 e. The van der Waals surface area contributed by atoms with Crippen molar-refractivity contribution < 1.29 is 13.6 Å². The summed E-state index contributed by atoms with van der Waals surface area (Å²) in [5, 5.41) is 0. The molecule has 14 heavy (non-hydrogen) atoms. The number of hydrogen-bond acceptors (Lipinski definition) is 3. The van der Waals surface area contributed by atoms with Gasteiger partial charge in [0.15, 0.2) is 0 Å². The predicted molar refractivity (Wildman–Crippen MR) is 56.2 cm³/mol. The lowest BCUT2D eigenvalue weighted by atomic mass is 10.3. The fraction of sp³-hybridized carbons (Fsp3) is 0. The molecule has 0 N–H and O–H groups in total. The summed E-state index contributed by atoms with van der Waals surface area (Å²) in [4.78, 5) is 0. The van der Waals surface area contributed by atoms with Gasteiger partial charge in [-0.1, -0.05) is 31.4 Å². The molecule has 0 aliphatic heterocycles. The lowest BCUT2D eigenvalue weighted by molar-refractivity contribution is 0.367. The summed E-state index contributed by atoms with van der Waals surface area (Å²) in [6.07, 6.45) is 1.07. The molecule has 0 saturated carbocycles. The molecular formula is C10H11O3P. The van der Waals surface area contributed by atoms with Crippen LogP contribution in [-0.2, 0) is 9.09 Å². The van der Waals surface area contributed by atoms with E-state index in [4.69, 9.17) is 9.05 Å². The van der Waals surface area contributed by atoms with E-state index in [1.807, 2.05) is 6.07 Å².